The molecule has 0 saturated heterocycles. The molecule has 0 spiro atoms. The molecule has 0 unspecified atom stereocenters. The Morgan fingerprint density at radius 1 is 1.19 bits per heavy atom. The number of thiophene rings is 1. The van der Waals surface area contributed by atoms with Gasteiger partial charge in [-0.3, -0.25) is 0 Å². The van der Waals surface area contributed by atoms with Gasteiger partial charge < -0.3 is 9.47 Å². The summed E-state index contributed by atoms with van der Waals surface area (Å²) >= 11 is 1.54. The Morgan fingerprint density at radius 2 is 1.95 bits per heavy atom. The van der Waals surface area contributed by atoms with Crippen LogP contribution in [0.4, 0.5) is 0 Å². The maximum Gasteiger partial charge on any atom is 0.338 e. The molecule has 5 heteroatoms. The molecule has 0 aliphatic heterocycles. The van der Waals surface area contributed by atoms with Gasteiger partial charge in [-0.05, 0) is 48.7 Å². The van der Waals surface area contributed by atoms with E-state index >= 15 is 0 Å². The van der Waals surface area contributed by atoms with Crippen molar-refractivity contribution in [3.8, 4) is 5.75 Å². The lowest BCUT2D eigenvalue weighted by Gasteiger charge is -2.03. The summed E-state index contributed by atoms with van der Waals surface area (Å²) in [4.78, 5) is 24.1. The number of rotatable bonds is 5. The van der Waals surface area contributed by atoms with Gasteiger partial charge in [0.15, 0.2) is 0 Å². The van der Waals surface area contributed by atoms with Crippen LogP contribution in [0.3, 0.4) is 0 Å². The summed E-state index contributed by atoms with van der Waals surface area (Å²) in [6, 6.07) is 10.0. The zero-order chi connectivity index (χ0) is 15.1. The highest BCUT2D eigenvalue weighted by molar-refractivity contribution is 7.10. The third-order valence-electron chi connectivity index (χ3n) is 2.51. The maximum atomic E-state index is 11.6. The van der Waals surface area contributed by atoms with E-state index in [0.717, 1.165) is 4.88 Å². The molecule has 0 fully saturated rings. The Labute approximate surface area is 126 Å². The molecule has 2 aromatic rings. The smallest absolute Gasteiger partial charge is 0.338 e. The van der Waals surface area contributed by atoms with Gasteiger partial charge >= 0.3 is 11.9 Å². The first kappa shape index (κ1) is 15.0. The van der Waals surface area contributed by atoms with Gasteiger partial charge in [-0.15, -0.1) is 11.3 Å². The zero-order valence-electron chi connectivity index (χ0n) is 11.4. The van der Waals surface area contributed by atoms with Crippen molar-refractivity contribution >= 4 is 29.4 Å². The zero-order valence-corrected chi connectivity index (χ0v) is 12.3. The van der Waals surface area contributed by atoms with Crippen molar-refractivity contribution in [2.45, 2.75) is 6.92 Å². The Bertz CT molecular complexity index is 627. The topological polar surface area (TPSA) is 52.6 Å². The summed E-state index contributed by atoms with van der Waals surface area (Å²) in [6.07, 6.45) is 3.06. The predicted octanol–water partition coefficient (Wildman–Crippen LogP) is 3.54. The molecular weight excluding hydrogens is 288 g/mol. The SMILES string of the molecule is CCOC(=O)c1ccc(OC(=O)C=Cc2cccs2)cc1. The van der Waals surface area contributed by atoms with E-state index in [1.807, 2.05) is 17.5 Å². The van der Waals surface area contributed by atoms with Crippen molar-refractivity contribution < 1.29 is 19.1 Å². The number of hydrogen-bond acceptors (Lipinski definition) is 5. The van der Waals surface area contributed by atoms with Gasteiger partial charge in [-0.25, -0.2) is 9.59 Å². The monoisotopic (exact) mass is 302 g/mol. The van der Waals surface area contributed by atoms with Crippen molar-refractivity contribution in [1.82, 2.24) is 0 Å². The predicted molar refractivity (Wildman–Crippen MR) is 81.4 cm³/mol. The van der Waals surface area contributed by atoms with Crippen LogP contribution in [0.25, 0.3) is 6.08 Å². The lowest BCUT2D eigenvalue weighted by Crippen LogP contribution is -2.06. The minimum atomic E-state index is -0.465. The fourth-order valence-corrected chi connectivity index (χ4v) is 2.18. The summed E-state index contributed by atoms with van der Waals surface area (Å²) < 4.78 is 10.0. The summed E-state index contributed by atoms with van der Waals surface area (Å²) in [5.41, 5.74) is 0.422. The van der Waals surface area contributed by atoms with E-state index < -0.39 is 11.9 Å². The standard InChI is InChI=1S/C16H14O4S/c1-2-19-16(18)12-5-7-13(8-6-12)20-15(17)10-9-14-4-3-11-21-14/h3-11H,2H2,1H3. The van der Waals surface area contributed by atoms with Crippen LogP contribution < -0.4 is 4.74 Å². The van der Waals surface area contributed by atoms with Crippen molar-refractivity contribution in [2.24, 2.45) is 0 Å². The van der Waals surface area contributed by atoms with Crippen molar-refractivity contribution in [3.63, 3.8) is 0 Å². The summed E-state index contributed by atoms with van der Waals surface area (Å²) in [5, 5.41) is 1.93. The molecule has 1 aromatic carbocycles. The Balaban J connectivity index is 1.94. The number of esters is 2. The van der Waals surface area contributed by atoms with Crippen LogP contribution in [0.15, 0.2) is 47.9 Å². The fourth-order valence-electron chi connectivity index (χ4n) is 1.56. The second-order valence-corrected chi connectivity index (χ2v) is 4.99. The Morgan fingerprint density at radius 3 is 2.57 bits per heavy atom. The van der Waals surface area contributed by atoms with E-state index in [2.05, 4.69) is 0 Å². The van der Waals surface area contributed by atoms with E-state index in [4.69, 9.17) is 9.47 Å². The maximum absolute atomic E-state index is 11.6. The van der Waals surface area contributed by atoms with Crippen LogP contribution in [-0.4, -0.2) is 18.5 Å². The lowest BCUT2D eigenvalue weighted by atomic mass is 10.2. The average molecular weight is 302 g/mol. The normalized spacial score (nSPS) is 10.5. The van der Waals surface area contributed by atoms with Crippen LogP contribution in [0.2, 0.25) is 0 Å². The summed E-state index contributed by atoms with van der Waals surface area (Å²) in [6.45, 7) is 2.07. The third kappa shape index (κ3) is 4.57. The van der Waals surface area contributed by atoms with Gasteiger partial charge in [0.25, 0.3) is 0 Å². The first-order valence-corrected chi connectivity index (χ1v) is 7.27. The molecule has 1 aromatic heterocycles. The molecule has 0 amide bonds. The van der Waals surface area contributed by atoms with Gasteiger partial charge in [-0.2, -0.15) is 0 Å². The van der Waals surface area contributed by atoms with E-state index in [9.17, 15) is 9.59 Å². The second kappa shape index (κ2) is 7.40. The molecular formula is C16H14O4S. The van der Waals surface area contributed by atoms with Crippen molar-refractivity contribution in [3.05, 3.63) is 58.3 Å². The second-order valence-electron chi connectivity index (χ2n) is 4.01. The van der Waals surface area contributed by atoms with Crippen LogP contribution in [0.1, 0.15) is 22.2 Å². The summed E-state index contributed by atoms with van der Waals surface area (Å²) in [5.74, 6) is -0.482. The number of carbonyl (C=O) groups excluding carboxylic acids is 2. The van der Waals surface area contributed by atoms with E-state index in [1.165, 1.54) is 17.4 Å². The Hall–Kier alpha value is -2.40. The number of benzene rings is 1. The first-order valence-electron chi connectivity index (χ1n) is 6.39. The van der Waals surface area contributed by atoms with Gasteiger partial charge in [0.2, 0.25) is 0 Å². The lowest BCUT2D eigenvalue weighted by molar-refractivity contribution is -0.128. The highest BCUT2D eigenvalue weighted by atomic mass is 32.1. The minimum Gasteiger partial charge on any atom is -0.462 e. The van der Waals surface area contributed by atoms with Crippen LogP contribution >= 0.6 is 11.3 Å². The average Bonchev–Trinajstić information content (AvgIpc) is 2.99. The Kier molecular flexibility index (Phi) is 5.29. The molecule has 4 nitrogen and oxygen atoms in total. The highest BCUT2D eigenvalue weighted by Gasteiger charge is 2.07. The molecule has 0 atom stereocenters. The molecule has 1 heterocycles. The van der Waals surface area contributed by atoms with Crippen LogP contribution in [-0.2, 0) is 9.53 Å². The van der Waals surface area contributed by atoms with E-state index in [0.29, 0.717) is 17.9 Å². The molecule has 0 aliphatic carbocycles. The molecule has 0 bridgehead atoms. The van der Waals surface area contributed by atoms with Gasteiger partial charge in [0.05, 0.1) is 12.2 Å². The number of carbonyl (C=O) groups is 2. The van der Waals surface area contributed by atoms with E-state index in [1.54, 1.807) is 37.3 Å². The molecule has 21 heavy (non-hydrogen) atoms. The molecule has 0 aliphatic rings. The molecule has 0 radical (unpaired) electrons. The molecule has 0 N–H and O–H groups in total. The minimum absolute atomic E-state index is 0.323. The fraction of sp³-hybridized carbons (Fsp3) is 0.125. The number of ether oxygens (including phenoxy) is 2. The first-order chi connectivity index (χ1) is 10.2. The van der Waals surface area contributed by atoms with Gasteiger partial charge in [0.1, 0.15) is 5.75 Å². The van der Waals surface area contributed by atoms with Gasteiger partial charge in [-0.1, -0.05) is 6.07 Å². The quantitative estimate of drug-likeness (QED) is 0.481. The van der Waals surface area contributed by atoms with E-state index in [-0.39, 0.29) is 0 Å². The highest BCUT2D eigenvalue weighted by Crippen LogP contribution is 2.14. The van der Waals surface area contributed by atoms with Crippen LogP contribution in [0.5, 0.6) is 5.75 Å². The third-order valence-corrected chi connectivity index (χ3v) is 3.35. The molecule has 108 valence electrons. The largest absolute Gasteiger partial charge is 0.462 e. The number of hydrogen-bond donors (Lipinski definition) is 0. The van der Waals surface area contributed by atoms with Crippen molar-refractivity contribution in [1.29, 1.82) is 0 Å². The van der Waals surface area contributed by atoms with Crippen molar-refractivity contribution in [2.75, 3.05) is 6.61 Å². The van der Waals surface area contributed by atoms with Crippen LogP contribution in [0, 0.1) is 0 Å². The molecule has 0 saturated carbocycles. The summed E-state index contributed by atoms with van der Waals surface area (Å²) in [7, 11) is 0. The van der Waals surface area contributed by atoms with Gasteiger partial charge in [0, 0.05) is 11.0 Å². The molecule has 2 rings (SSSR count).